The highest BCUT2D eigenvalue weighted by atomic mass is 32.1. The van der Waals surface area contributed by atoms with Crippen molar-refractivity contribution in [3.05, 3.63) is 46.5 Å². The summed E-state index contributed by atoms with van der Waals surface area (Å²) in [6.45, 7) is -0.466. The van der Waals surface area contributed by atoms with Crippen LogP contribution in [0.15, 0.2) is 40.3 Å². The largest absolute Gasteiger partial charge is 0.466 e. The van der Waals surface area contributed by atoms with Gasteiger partial charge in [0.1, 0.15) is 12.3 Å². The van der Waals surface area contributed by atoms with E-state index < -0.39 is 11.5 Å². The molecule has 3 heterocycles. The van der Waals surface area contributed by atoms with E-state index in [0.717, 1.165) is 4.90 Å². The molecule has 0 bridgehead atoms. The molecule has 2 aromatic rings. The van der Waals surface area contributed by atoms with Crippen LogP contribution >= 0.6 is 11.3 Å². The second-order valence-electron chi connectivity index (χ2n) is 5.47. The van der Waals surface area contributed by atoms with E-state index in [-0.39, 0.29) is 37.7 Å². The molecule has 7 nitrogen and oxygen atoms in total. The van der Waals surface area contributed by atoms with Crippen LogP contribution in [0.25, 0.3) is 0 Å². The first-order valence-electron chi connectivity index (χ1n) is 7.41. The molecule has 8 heteroatoms. The highest BCUT2D eigenvalue weighted by Gasteiger charge is 2.37. The minimum atomic E-state index is -1.51. The van der Waals surface area contributed by atoms with Gasteiger partial charge in [0.25, 0.3) is 0 Å². The lowest BCUT2D eigenvalue weighted by atomic mass is 9.98. The second-order valence-corrected chi connectivity index (χ2v) is 6.41. The number of likely N-dealkylation sites (tertiary alicyclic amines) is 1. The second kappa shape index (κ2) is 6.58. The Labute approximate surface area is 141 Å². The zero-order valence-corrected chi connectivity index (χ0v) is 13.5. The first kappa shape index (κ1) is 16.4. The maximum Gasteiger partial charge on any atom is 0.240 e. The van der Waals surface area contributed by atoms with E-state index in [4.69, 9.17) is 4.42 Å². The molecule has 0 unspecified atom stereocenters. The van der Waals surface area contributed by atoms with Crippen molar-refractivity contribution in [2.75, 3.05) is 13.1 Å². The van der Waals surface area contributed by atoms with Crippen molar-refractivity contribution in [3.63, 3.8) is 0 Å². The maximum absolute atomic E-state index is 12.1. The van der Waals surface area contributed by atoms with Crippen LogP contribution in [0.3, 0.4) is 0 Å². The summed E-state index contributed by atoms with van der Waals surface area (Å²) in [5, 5.41) is 15.4. The number of carbonyl (C=O) groups excluding carboxylic acids is 3. The topological polar surface area (TPSA) is 99.9 Å². The van der Waals surface area contributed by atoms with Crippen LogP contribution in [0.5, 0.6) is 0 Å². The van der Waals surface area contributed by atoms with Crippen molar-refractivity contribution < 1.29 is 23.9 Å². The number of nitrogens with one attached hydrogen (secondary N) is 1. The van der Waals surface area contributed by atoms with E-state index in [2.05, 4.69) is 5.32 Å². The lowest BCUT2D eigenvalue weighted by Gasteiger charge is -2.25. The molecule has 1 atom stereocenters. The van der Waals surface area contributed by atoms with Gasteiger partial charge >= 0.3 is 0 Å². The number of nitrogens with zero attached hydrogens (tertiary/aromatic N) is 1. The third-order valence-corrected chi connectivity index (χ3v) is 4.88. The summed E-state index contributed by atoms with van der Waals surface area (Å²) in [5.41, 5.74) is -1.51. The van der Waals surface area contributed by atoms with Crippen LogP contribution in [-0.2, 0) is 20.0 Å². The zero-order valence-electron chi connectivity index (χ0n) is 12.7. The number of furan rings is 1. The fraction of sp³-hybridized carbons (Fsp3) is 0.312. The minimum absolute atomic E-state index is 0.129. The van der Waals surface area contributed by atoms with E-state index in [1.54, 1.807) is 24.3 Å². The van der Waals surface area contributed by atoms with Crippen LogP contribution in [0.4, 0.5) is 0 Å². The van der Waals surface area contributed by atoms with Crippen LogP contribution in [0.1, 0.15) is 23.5 Å². The Morgan fingerprint density at radius 3 is 2.62 bits per heavy atom. The van der Waals surface area contributed by atoms with Gasteiger partial charge in [-0.25, -0.2) is 0 Å². The summed E-state index contributed by atoms with van der Waals surface area (Å²) in [4.78, 5) is 36.7. The molecular weight excluding hydrogens is 332 g/mol. The van der Waals surface area contributed by atoms with Crippen molar-refractivity contribution >= 4 is 29.1 Å². The maximum atomic E-state index is 12.1. The molecule has 0 aromatic carbocycles. The average Bonchev–Trinajstić information content (AvgIpc) is 3.31. The van der Waals surface area contributed by atoms with Crippen LogP contribution in [0.2, 0.25) is 0 Å². The molecule has 2 N–H and O–H groups in total. The van der Waals surface area contributed by atoms with Gasteiger partial charge in [-0.05, 0) is 23.6 Å². The SMILES string of the molecule is O=C(CN1C(=O)CCC1=O)NC[C@@](O)(c1ccco1)c1cccs1. The van der Waals surface area contributed by atoms with Gasteiger partial charge < -0.3 is 14.8 Å². The Morgan fingerprint density at radius 2 is 2.04 bits per heavy atom. The fourth-order valence-electron chi connectivity index (χ4n) is 2.55. The molecule has 0 spiro atoms. The number of thiophene rings is 1. The molecule has 0 saturated carbocycles. The standard InChI is InChI=1S/C16H16N2O5S/c19-13(9-18-14(20)5-6-15(18)21)17-10-16(22,11-3-1-7-23-11)12-4-2-8-24-12/h1-4,7-8,22H,5-6,9-10H2,(H,17,19)/t16-/m1/s1. The smallest absolute Gasteiger partial charge is 0.240 e. The molecule has 1 aliphatic heterocycles. The minimum Gasteiger partial charge on any atom is -0.466 e. The first-order chi connectivity index (χ1) is 11.5. The van der Waals surface area contributed by atoms with Crippen molar-refractivity contribution in [3.8, 4) is 0 Å². The van der Waals surface area contributed by atoms with E-state index in [1.807, 2.05) is 5.38 Å². The van der Waals surface area contributed by atoms with E-state index in [0.29, 0.717) is 10.6 Å². The molecule has 3 rings (SSSR count). The Balaban J connectivity index is 1.69. The molecule has 2 aromatic heterocycles. The summed E-state index contributed by atoms with van der Waals surface area (Å²) in [6.07, 6.45) is 1.71. The lowest BCUT2D eigenvalue weighted by molar-refractivity contribution is -0.142. The predicted octanol–water partition coefficient (Wildman–Crippen LogP) is 0.842. The molecule has 1 saturated heterocycles. The highest BCUT2D eigenvalue weighted by molar-refractivity contribution is 7.10. The Bertz CT molecular complexity index is 688. The normalized spacial score (nSPS) is 17.1. The van der Waals surface area contributed by atoms with Gasteiger partial charge in [-0.15, -0.1) is 11.3 Å². The molecule has 1 fully saturated rings. The van der Waals surface area contributed by atoms with E-state index >= 15 is 0 Å². The van der Waals surface area contributed by atoms with Crippen molar-refractivity contribution in [2.45, 2.75) is 18.4 Å². The number of hydrogen-bond donors (Lipinski definition) is 2. The van der Waals surface area contributed by atoms with Gasteiger partial charge in [-0.3, -0.25) is 19.3 Å². The quantitative estimate of drug-likeness (QED) is 0.754. The molecule has 3 amide bonds. The van der Waals surface area contributed by atoms with Crippen molar-refractivity contribution in [1.82, 2.24) is 10.2 Å². The van der Waals surface area contributed by atoms with Crippen LogP contribution in [-0.4, -0.2) is 40.8 Å². The van der Waals surface area contributed by atoms with Crippen LogP contribution in [0, 0.1) is 0 Å². The van der Waals surface area contributed by atoms with E-state index in [1.165, 1.54) is 17.6 Å². The van der Waals surface area contributed by atoms with Gasteiger partial charge in [0.15, 0.2) is 5.60 Å². The van der Waals surface area contributed by atoms with Gasteiger partial charge in [-0.1, -0.05) is 6.07 Å². The highest BCUT2D eigenvalue weighted by Crippen LogP contribution is 2.32. The molecule has 0 radical (unpaired) electrons. The number of amides is 3. The third kappa shape index (κ3) is 3.10. The fourth-order valence-corrected chi connectivity index (χ4v) is 3.38. The number of imide groups is 1. The molecule has 1 aliphatic rings. The molecular formula is C16H16N2O5S. The Hall–Kier alpha value is -2.45. The molecule has 0 aliphatic carbocycles. The molecule has 126 valence electrons. The number of carbonyl (C=O) groups is 3. The number of rotatable bonds is 6. The monoisotopic (exact) mass is 348 g/mol. The summed E-state index contributed by atoms with van der Waals surface area (Å²) < 4.78 is 5.31. The third-order valence-electron chi connectivity index (χ3n) is 3.86. The number of aliphatic hydroxyl groups is 1. The lowest BCUT2D eigenvalue weighted by Crippen LogP contribution is -2.45. The Morgan fingerprint density at radius 1 is 1.29 bits per heavy atom. The van der Waals surface area contributed by atoms with Crippen molar-refractivity contribution in [1.29, 1.82) is 0 Å². The van der Waals surface area contributed by atoms with Crippen LogP contribution < -0.4 is 5.32 Å². The van der Waals surface area contributed by atoms with Crippen molar-refractivity contribution in [2.24, 2.45) is 0 Å². The summed E-state index contributed by atoms with van der Waals surface area (Å²) in [7, 11) is 0. The van der Waals surface area contributed by atoms with Gasteiger partial charge in [-0.2, -0.15) is 0 Å². The van der Waals surface area contributed by atoms with Gasteiger partial charge in [0, 0.05) is 17.7 Å². The predicted molar refractivity (Wildman–Crippen MR) is 85.0 cm³/mol. The van der Waals surface area contributed by atoms with Gasteiger partial charge in [0.05, 0.1) is 12.8 Å². The first-order valence-corrected chi connectivity index (χ1v) is 8.29. The summed E-state index contributed by atoms with van der Waals surface area (Å²) >= 11 is 1.33. The Kier molecular flexibility index (Phi) is 4.50. The summed E-state index contributed by atoms with van der Waals surface area (Å²) in [5.74, 6) is -0.914. The van der Waals surface area contributed by atoms with Gasteiger partial charge in [0.2, 0.25) is 17.7 Å². The van der Waals surface area contributed by atoms with E-state index in [9.17, 15) is 19.5 Å². The average molecular weight is 348 g/mol. The zero-order chi connectivity index (χ0) is 17.2. The molecule has 24 heavy (non-hydrogen) atoms. The number of hydrogen-bond acceptors (Lipinski definition) is 6. The summed E-state index contributed by atoms with van der Waals surface area (Å²) in [6, 6.07) is 6.81.